The van der Waals surface area contributed by atoms with Crippen LogP contribution in [0.15, 0.2) is 18.2 Å². The molecular weight excluding hydrogens is 246 g/mol. The first-order valence-electron chi connectivity index (χ1n) is 6.53. The third-order valence-corrected chi connectivity index (χ3v) is 3.21. The molecule has 1 atom stereocenters. The fourth-order valence-corrected chi connectivity index (χ4v) is 2.10. The Balaban J connectivity index is 2.19. The smallest absolute Gasteiger partial charge is 0.275 e. The minimum Gasteiger partial charge on any atom is -0.494 e. The van der Waals surface area contributed by atoms with E-state index in [0.717, 1.165) is 0 Å². The molecule has 0 bridgehead atoms. The van der Waals surface area contributed by atoms with E-state index in [0.29, 0.717) is 30.5 Å². The molecule has 0 spiro atoms. The summed E-state index contributed by atoms with van der Waals surface area (Å²) in [6.45, 7) is 2.85. The number of nitro benzene ring substituents is 1. The first-order valence-corrected chi connectivity index (χ1v) is 6.53. The van der Waals surface area contributed by atoms with Gasteiger partial charge < -0.3 is 15.8 Å². The lowest BCUT2D eigenvalue weighted by molar-refractivity contribution is -0.384. The number of ether oxygens (including phenoxy) is 1. The number of rotatable bonds is 7. The number of benzene rings is 1. The van der Waals surface area contributed by atoms with Crippen LogP contribution in [0.4, 0.5) is 11.4 Å². The predicted octanol–water partition coefficient (Wildman–Crippen LogP) is 2.14. The fraction of sp³-hybridized carbons (Fsp3) is 0.538. The summed E-state index contributed by atoms with van der Waals surface area (Å²) in [5.41, 5.74) is 6.45. The van der Waals surface area contributed by atoms with Gasteiger partial charge in [-0.25, -0.2) is 0 Å². The van der Waals surface area contributed by atoms with Gasteiger partial charge in [0.2, 0.25) is 0 Å². The summed E-state index contributed by atoms with van der Waals surface area (Å²) in [5, 5.41) is 14.2. The number of nitrogens with zero attached hydrogens (tertiary/aromatic N) is 1. The van der Waals surface area contributed by atoms with E-state index in [-0.39, 0.29) is 11.7 Å². The zero-order valence-corrected chi connectivity index (χ0v) is 11.0. The van der Waals surface area contributed by atoms with Crippen LogP contribution in [0.25, 0.3) is 0 Å². The molecule has 0 radical (unpaired) electrons. The monoisotopic (exact) mass is 265 g/mol. The third kappa shape index (κ3) is 3.57. The maximum absolute atomic E-state index is 10.9. The van der Waals surface area contributed by atoms with E-state index in [4.69, 9.17) is 10.5 Å². The summed E-state index contributed by atoms with van der Waals surface area (Å²) in [5.74, 6) is 1.09. The van der Waals surface area contributed by atoms with Crippen LogP contribution in [0, 0.1) is 16.0 Å². The van der Waals surface area contributed by atoms with Crippen LogP contribution in [-0.2, 0) is 0 Å². The maximum atomic E-state index is 10.9. The third-order valence-electron chi connectivity index (χ3n) is 3.21. The highest BCUT2D eigenvalue weighted by Gasteiger charge is 2.30. The van der Waals surface area contributed by atoms with E-state index >= 15 is 0 Å². The Bertz CT molecular complexity index is 460. The van der Waals surface area contributed by atoms with Gasteiger partial charge in [-0.15, -0.1) is 0 Å². The topological polar surface area (TPSA) is 90.4 Å². The molecule has 1 aromatic carbocycles. The zero-order chi connectivity index (χ0) is 13.8. The standard InChI is InChI=1S/C13H19N3O3/c1-2-19-12-6-10(5-11(7-12)16(17)18)15-13(8-14)9-3-4-9/h5-7,9,13,15H,2-4,8,14H2,1H3. The molecule has 6 nitrogen and oxygen atoms in total. The number of hydrogen-bond donors (Lipinski definition) is 2. The zero-order valence-electron chi connectivity index (χ0n) is 11.0. The number of nitrogens with two attached hydrogens (primary N) is 1. The van der Waals surface area contributed by atoms with E-state index in [1.54, 1.807) is 6.07 Å². The average molecular weight is 265 g/mol. The molecule has 0 heterocycles. The second-order valence-corrected chi connectivity index (χ2v) is 4.73. The quantitative estimate of drug-likeness (QED) is 0.582. The van der Waals surface area contributed by atoms with Crippen molar-refractivity contribution in [1.82, 2.24) is 0 Å². The number of anilines is 1. The summed E-state index contributed by atoms with van der Waals surface area (Å²) < 4.78 is 5.35. The van der Waals surface area contributed by atoms with Crippen LogP contribution in [0.5, 0.6) is 5.75 Å². The van der Waals surface area contributed by atoms with Crippen LogP contribution < -0.4 is 15.8 Å². The van der Waals surface area contributed by atoms with Crippen molar-refractivity contribution in [2.75, 3.05) is 18.5 Å². The summed E-state index contributed by atoms with van der Waals surface area (Å²) in [6.07, 6.45) is 2.34. The highest BCUT2D eigenvalue weighted by atomic mass is 16.6. The summed E-state index contributed by atoms with van der Waals surface area (Å²) >= 11 is 0. The van der Waals surface area contributed by atoms with Gasteiger partial charge in [-0.05, 0) is 25.7 Å². The Labute approximate surface area is 112 Å². The largest absolute Gasteiger partial charge is 0.494 e. The normalized spacial score (nSPS) is 15.9. The lowest BCUT2D eigenvalue weighted by Crippen LogP contribution is -2.30. The Morgan fingerprint density at radius 3 is 2.79 bits per heavy atom. The molecule has 3 N–H and O–H groups in total. The van der Waals surface area contributed by atoms with Crippen LogP contribution >= 0.6 is 0 Å². The van der Waals surface area contributed by atoms with Crippen LogP contribution in [0.3, 0.4) is 0 Å². The van der Waals surface area contributed by atoms with Gasteiger partial charge in [0.15, 0.2) is 0 Å². The first-order chi connectivity index (χ1) is 9.13. The number of nitro groups is 1. The molecule has 19 heavy (non-hydrogen) atoms. The van der Waals surface area contributed by atoms with Crippen molar-refractivity contribution in [2.24, 2.45) is 11.7 Å². The van der Waals surface area contributed by atoms with E-state index in [1.807, 2.05) is 6.92 Å². The van der Waals surface area contributed by atoms with Gasteiger partial charge in [0.1, 0.15) is 5.75 Å². The number of nitrogens with one attached hydrogen (secondary N) is 1. The first kappa shape index (κ1) is 13.6. The molecule has 1 fully saturated rings. The van der Waals surface area contributed by atoms with Crippen LogP contribution in [0.2, 0.25) is 0 Å². The molecule has 0 aliphatic heterocycles. The molecule has 1 aromatic rings. The van der Waals surface area contributed by atoms with Crippen molar-refractivity contribution in [3.8, 4) is 5.75 Å². The maximum Gasteiger partial charge on any atom is 0.275 e. The van der Waals surface area contributed by atoms with Crippen molar-refractivity contribution < 1.29 is 9.66 Å². The molecule has 104 valence electrons. The van der Waals surface area contributed by atoms with Gasteiger partial charge in [-0.3, -0.25) is 10.1 Å². The lowest BCUT2D eigenvalue weighted by atomic mass is 10.1. The van der Waals surface area contributed by atoms with Gasteiger partial charge in [0, 0.05) is 30.4 Å². The minimum atomic E-state index is -0.414. The van der Waals surface area contributed by atoms with Crippen molar-refractivity contribution in [3.05, 3.63) is 28.3 Å². The Morgan fingerprint density at radius 2 is 2.26 bits per heavy atom. The van der Waals surface area contributed by atoms with Gasteiger partial charge in [-0.2, -0.15) is 0 Å². The molecule has 1 unspecified atom stereocenters. The molecule has 1 aliphatic rings. The van der Waals surface area contributed by atoms with Crippen molar-refractivity contribution >= 4 is 11.4 Å². The summed E-state index contributed by atoms with van der Waals surface area (Å²) in [4.78, 5) is 10.5. The van der Waals surface area contributed by atoms with E-state index in [2.05, 4.69) is 5.32 Å². The van der Waals surface area contributed by atoms with E-state index < -0.39 is 4.92 Å². The van der Waals surface area contributed by atoms with Gasteiger partial charge in [-0.1, -0.05) is 0 Å². The highest BCUT2D eigenvalue weighted by Crippen LogP contribution is 2.35. The van der Waals surface area contributed by atoms with E-state index in [1.165, 1.54) is 25.0 Å². The van der Waals surface area contributed by atoms with E-state index in [9.17, 15) is 10.1 Å². The molecule has 0 saturated heterocycles. The Kier molecular flexibility index (Phi) is 4.21. The highest BCUT2D eigenvalue weighted by molar-refractivity contribution is 5.57. The molecule has 1 saturated carbocycles. The molecule has 0 amide bonds. The molecule has 0 aromatic heterocycles. The van der Waals surface area contributed by atoms with Gasteiger partial charge in [0.25, 0.3) is 5.69 Å². The predicted molar refractivity (Wildman–Crippen MR) is 73.5 cm³/mol. The fourth-order valence-electron chi connectivity index (χ4n) is 2.10. The Hall–Kier alpha value is -1.82. The second kappa shape index (κ2) is 5.88. The molecule has 6 heteroatoms. The second-order valence-electron chi connectivity index (χ2n) is 4.73. The number of non-ortho nitro benzene ring substituents is 1. The van der Waals surface area contributed by atoms with Crippen molar-refractivity contribution in [1.29, 1.82) is 0 Å². The summed E-state index contributed by atoms with van der Waals surface area (Å²) in [7, 11) is 0. The van der Waals surface area contributed by atoms with Crippen LogP contribution in [0.1, 0.15) is 19.8 Å². The molecular formula is C13H19N3O3. The van der Waals surface area contributed by atoms with Gasteiger partial charge >= 0.3 is 0 Å². The molecule has 1 aliphatic carbocycles. The average Bonchev–Trinajstić information content (AvgIpc) is 3.20. The van der Waals surface area contributed by atoms with Crippen molar-refractivity contribution in [3.63, 3.8) is 0 Å². The molecule has 2 rings (SSSR count). The van der Waals surface area contributed by atoms with Crippen molar-refractivity contribution in [2.45, 2.75) is 25.8 Å². The summed E-state index contributed by atoms with van der Waals surface area (Å²) in [6, 6.07) is 4.91. The van der Waals surface area contributed by atoms with Crippen LogP contribution in [-0.4, -0.2) is 24.1 Å². The lowest BCUT2D eigenvalue weighted by Gasteiger charge is -2.18. The van der Waals surface area contributed by atoms with Gasteiger partial charge in [0.05, 0.1) is 17.6 Å². The minimum absolute atomic E-state index is 0.0278. The Morgan fingerprint density at radius 1 is 1.53 bits per heavy atom. The SMILES string of the molecule is CCOc1cc(NC(CN)C2CC2)cc([N+](=O)[O-])c1. The number of hydrogen-bond acceptors (Lipinski definition) is 5.